The Labute approximate surface area is 124 Å². The summed E-state index contributed by atoms with van der Waals surface area (Å²) in [5, 5.41) is 1.92. The molecule has 2 aromatic heterocycles. The molecule has 0 fully saturated rings. The minimum Gasteiger partial charge on any atom is -0.366 e. The van der Waals surface area contributed by atoms with Crippen LogP contribution in [0.3, 0.4) is 0 Å². The molecule has 0 bridgehead atoms. The molecule has 2 heterocycles. The number of amides is 1. The summed E-state index contributed by atoms with van der Waals surface area (Å²) in [6, 6.07) is 7.00. The molecule has 0 aliphatic rings. The number of thiophene rings is 1. The maximum Gasteiger partial charge on any atom is 0.271 e. The number of rotatable bonds is 3. The fourth-order valence-electron chi connectivity index (χ4n) is 2.26. The van der Waals surface area contributed by atoms with Gasteiger partial charge in [0.05, 0.1) is 18.4 Å². The number of aromatic nitrogens is 2. The van der Waals surface area contributed by atoms with Gasteiger partial charge in [-0.25, -0.2) is 4.98 Å². The van der Waals surface area contributed by atoms with Crippen LogP contribution in [0.1, 0.15) is 21.5 Å². The van der Waals surface area contributed by atoms with E-state index in [9.17, 15) is 9.59 Å². The van der Waals surface area contributed by atoms with Crippen LogP contribution in [0, 0.1) is 6.92 Å². The fraction of sp³-hybridized carbons (Fsp3) is 0.133. The maximum atomic E-state index is 12.4. The summed E-state index contributed by atoms with van der Waals surface area (Å²) in [7, 11) is 0. The summed E-state index contributed by atoms with van der Waals surface area (Å²) in [5.74, 6) is -0.500. The monoisotopic (exact) mass is 299 g/mol. The van der Waals surface area contributed by atoms with Gasteiger partial charge < -0.3 is 5.73 Å². The van der Waals surface area contributed by atoms with Gasteiger partial charge in [-0.15, -0.1) is 11.3 Å². The highest BCUT2D eigenvalue weighted by atomic mass is 32.1. The molecule has 1 amide bonds. The Morgan fingerprint density at radius 3 is 2.90 bits per heavy atom. The van der Waals surface area contributed by atoms with Crippen molar-refractivity contribution in [2.24, 2.45) is 5.73 Å². The minimum absolute atomic E-state index is 0.0997. The average molecular weight is 299 g/mol. The lowest BCUT2D eigenvalue weighted by Gasteiger charge is -2.08. The second-order valence-electron chi connectivity index (χ2n) is 4.80. The molecule has 1 aromatic carbocycles. The number of fused-ring (bicyclic) bond motifs is 1. The average Bonchev–Trinajstić information content (AvgIpc) is 2.84. The summed E-state index contributed by atoms with van der Waals surface area (Å²) in [6.07, 6.45) is 1.52. The molecule has 0 aliphatic carbocycles. The van der Waals surface area contributed by atoms with Gasteiger partial charge in [-0.3, -0.25) is 14.2 Å². The molecule has 2 N–H and O–H groups in total. The van der Waals surface area contributed by atoms with Crippen LogP contribution >= 0.6 is 11.3 Å². The van der Waals surface area contributed by atoms with Crippen molar-refractivity contribution in [3.8, 4) is 0 Å². The van der Waals surface area contributed by atoms with E-state index in [0.29, 0.717) is 15.8 Å². The predicted octanol–water partition coefficient (Wildman–Crippen LogP) is 1.91. The third-order valence-electron chi connectivity index (χ3n) is 3.35. The molecule has 0 unspecified atom stereocenters. The quantitative estimate of drug-likeness (QED) is 0.802. The van der Waals surface area contributed by atoms with Gasteiger partial charge in [0.25, 0.3) is 5.56 Å². The number of benzene rings is 1. The number of aryl methyl sites for hydroxylation is 1. The van der Waals surface area contributed by atoms with Gasteiger partial charge in [-0.05, 0) is 29.5 Å². The summed E-state index contributed by atoms with van der Waals surface area (Å²) in [4.78, 5) is 28.2. The van der Waals surface area contributed by atoms with Crippen LogP contribution in [0.5, 0.6) is 0 Å². The molecule has 6 heteroatoms. The highest BCUT2D eigenvalue weighted by Gasteiger charge is 2.11. The Morgan fingerprint density at radius 2 is 2.14 bits per heavy atom. The molecule has 0 saturated carbocycles. The normalized spacial score (nSPS) is 10.9. The molecular formula is C15H13N3O2S. The van der Waals surface area contributed by atoms with Crippen molar-refractivity contribution in [3.05, 3.63) is 63.0 Å². The predicted molar refractivity (Wildman–Crippen MR) is 82.7 cm³/mol. The van der Waals surface area contributed by atoms with Crippen molar-refractivity contribution in [2.75, 3.05) is 0 Å². The van der Waals surface area contributed by atoms with Gasteiger partial charge in [-0.2, -0.15) is 0 Å². The standard InChI is InChI=1S/C15H13N3O2S/c1-9-7-21-13-12(9)17-8-18(15(13)20)6-10-4-2-3-5-11(10)14(16)19/h2-5,7-8H,6H2,1H3,(H2,16,19). The van der Waals surface area contributed by atoms with Crippen LogP contribution in [0.4, 0.5) is 0 Å². The molecule has 3 rings (SSSR count). The van der Waals surface area contributed by atoms with Crippen LogP contribution in [-0.2, 0) is 6.54 Å². The van der Waals surface area contributed by atoms with Crippen LogP contribution in [-0.4, -0.2) is 15.5 Å². The first-order valence-electron chi connectivity index (χ1n) is 6.39. The Hall–Kier alpha value is -2.47. The van der Waals surface area contributed by atoms with E-state index in [-0.39, 0.29) is 12.1 Å². The highest BCUT2D eigenvalue weighted by Crippen LogP contribution is 2.19. The third kappa shape index (κ3) is 2.34. The second kappa shape index (κ2) is 5.14. The molecule has 5 nitrogen and oxygen atoms in total. The molecule has 0 atom stereocenters. The van der Waals surface area contributed by atoms with Crippen LogP contribution in [0.15, 0.2) is 40.8 Å². The van der Waals surface area contributed by atoms with Crippen LogP contribution < -0.4 is 11.3 Å². The third-order valence-corrected chi connectivity index (χ3v) is 4.42. The van der Waals surface area contributed by atoms with E-state index in [4.69, 9.17) is 5.73 Å². The topological polar surface area (TPSA) is 78.0 Å². The van der Waals surface area contributed by atoms with Crippen molar-refractivity contribution in [3.63, 3.8) is 0 Å². The largest absolute Gasteiger partial charge is 0.366 e. The molecule has 21 heavy (non-hydrogen) atoms. The van der Waals surface area contributed by atoms with Gasteiger partial charge in [0, 0.05) is 5.56 Å². The first-order valence-corrected chi connectivity index (χ1v) is 7.27. The first-order chi connectivity index (χ1) is 10.1. The van der Waals surface area contributed by atoms with Gasteiger partial charge in [-0.1, -0.05) is 18.2 Å². The van der Waals surface area contributed by atoms with Crippen LogP contribution in [0.2, 0.25) is 0 Å². The lowest BCUT2D eigenvalue weighted by Crippen LogP contribution is -2.22. The Balaban J connectivity index is 2.09. The Bertz CT molecular complexity index is 895. The van der Waals surface area contributed by atoms with Gasteiger partial charge in [0.2, 0.25) is 5.91 Å². The van der Waals surface area contributed by atoms with E-state index in [2.05, 4.69) is 4.98 Å². The number of hydrogen-bond acceptors (Lipinski definition) is 4. The molecule has 106 valence electrons. The molecule has 0 saturated heterocycles. The zero-order valence-electron chi connectivity index (χ0n) is 11.4. The molecule has 0 spiro atoms. The number of hydrogen-bond donors (Lipinski definition) is 1. The van der Waals surface area contributed by atoms with E-state index in [1.54, 1.807) is 18.2 Å². The lowest BCUT2D eigenvalue weighted by molar-refractivity contribution is 0.0999. The number of nitrogens with two attached hydrogens (primary N) is 1. The zero-order valence-corrected chi connectivity index (χ0v) is 12.2. The molecular weight excluding hydrogens is 286 g/mol. The summed E-state index contributed by atoms with van der Waals surface area (Å²) in [6.45, 7) is 2.20. The van der Waals surface area contributed by atoms with Crippen LogP contribution in [0.25, 0.3) is 10.2 Å². The van der Waals surface area contributed by atoms with Gasteiger partial charge in [0.1, 0.15) is 4.70 Å². The SMILES string of the molecule is Cc1csc2c(=O)n(Cc3ccccc3C(N)=O)cnc12. The molecule has 0 aliphatic heterocycles. The number of primary amides is 1. The lowest BCUT2D eigenvalue weighted by atomic mass is 10.1. The summed E-state index contributed by atoms with van der Waals surface area (Å²) < 4.78 is 2.13. The van der Waals surface area contributed by atoms with E-state index in [0.717, 1.165) is 11.1 Å². The first kappa shape index (κ1) is 13.5. The van der Waals surface area contributed by atoms with Crippen molar-refractivity contribution < 1.29 is 4.79 Å². The van der Waals surface area contributed by atoms with Crippen molar-refractivity contribution >= 4 is 27.5 Å². The highest BCUT2D eigenvalue weighted by molar-refractivity contribution is 7.17. The van der Waals surface area contributed by atoms with E-state index in [1.807, 2.05) is 18.4 Å². The minimum atomic E-state index is -0.500. The Kier molecular flexibility index (Phi) is 3.31. The van der Waals surface area contributed by atoms with Gasteiger partial charge in [0.15, 0.2) is 0 Å². The van der Waals surface area contributed by atoms with Gasteiger partial charge >= 0.3 is 0 Å². The fourth-order valence-corrected chi connectivity index (χ4v) is 3.20. The van der Waals surface area contributed by atoms with E-state index >= 15 is 0 Å². The smallest absolute Gasteiger partial charge is 0.271 e. The Morgan fingerprint density at radius 1 is 1.38 bits per heavy atom. The maximum absolute atomic E-state index is 12.4. The van der Waals surface area contributed by atoms with E-state index < -0.39 is 5.91 Å². The van der Waals surface area contributed by atoms with Crippen molar-refractivity contribution in [1.29, 1.82) is 0 Å². The molecule has 3 aromatic rings. The number of carbonyl (C=O) groups is 1. The van der Waals surface area contributed by atoms with Crippen molar-refractivity contribution in [1.82, 2.24) is 9.55 Å². The number of carbonyl (C=O) groups excluding carboxylic acids is 1. The second-order valence-corrected chi connectivity index (χ2v) is 5.68. The molecule has 0 radical (unpaired) electrons. The summed E-state index contributed by atoms with van der Waals surface area (Å²) in [5.41, 5.74) is 8.13. The zero-order chi connectivity index (χ0) is 15.0. The van der Waals surface area contributed by atoms with Crippen molar-refractivity contribution in [2.45, 2.75) is 13.5 Å². The number of nitrogens with zero attached hydrogens (tertiary/aromatic N) is 2. The summed E-state index contributed by atoms with van der Waals surface area (Å²) >= 11 is 1.39. The van der Waals surface area contributed by atoms with E-state index in [1.165, 1.54) is 22.2 Å².